The number of nitrogens with one attached hydrogen (secondary N) is 1. The summed E-state index contributed by atoms with van der Waals surface area (Å²) in [5.74, 6) is -0.0508. The smallest absolute Gasteiger partial charge is 0.305 e. The van der Waals surface area contributed by atoms with Crippen LogP contribution in [0, 0.1) is 11.3 Å². The van der Waals surface area contributed by atoms with Gasteiger partial charge in [-0.25, -0.2) is 0 Å². The SMILES string of the molecule is CCCC(=O)OC[C@]1(C#N)CC[C@H](c2ccc(C(N)=NC=[NH2+])[nH]2)O1. The summed E-state index contributed by atoms with van der Waals surface area (Å²) >= 11 is 0. The van der Waals surface area contributed by atoms with E-state index in [1.165, 1.54) is 0 Å². The minimum Gasteiger partial charge on any atom is -0.461 e. The molecule has 0 radical (unpaired) electrons. The number of carbonyl (C=O) groups is 1. The zero-order chi connectivity index (χ0) is 17.6. The molecule has 0 saturated carbocycles. The fraction of sp³-hybridized carbons (Fsp3) is 0.500. The molecule has 5 N–H and O–H groups in total. The molecule has 1 aliphatic heterocycles. The Hall–Kier alpha value is -2.66. The van der Waals surface area contributed by atoms with Gasteiger partial charge in [0.05, 0.1) is 6.10 Å². The Morgan fingerprint density at radius 2 is 2.50 bits per heavy atom. The molecule has 2 heterocycles. The molecule has 0 aromatic carbocycles. The summed E-state index contributed by atoms with van der Waals surface area (Å²) in [5, 5.41) is 14.7. The summed E-state index contributed by atoms with van der Waals surface area (Å²) in [6.07, 6.45) is 2.99. The van der Waals surface area contributed by atoms with Gasteiger partial charge in [0, 0.05) is 12.1 Å². The van der Waals surface area contributed by atoms with Crippen LogP contribution in [0.2, 0.25) is 0 Å². The van der Waals surface area contributed by atoms with Crippen molar-refractivity contribution in [1.82, 2.24) is 4.98 Å². The van der Waals surface area contributed by atoms with Gasteiger partial charge in [0.25, 0.3) is 12.2 Å². The molecule has 128 valence electrons. The minimum absolute atomic E-state index is 0.0574. The number of esters is 1. The first-order chi connectivity index (χ1) is 11.5. The molecular formula is C16H22N5O3+. The lowest BCUT2D eigenvalue weighted by molar-refractivity contribution is -0.151. The van der Waals surface area contributed by atoms with Crippen LogP contribution < -0.4 is 11.1 Å². The zero-order valence-electron chi connectivity index (χ0n) is 13.6. The van der Waals surface area contributed by atoms with Crippen molar-refractivity contribution in [3.05, 3.63) is 23.5 Å². The highest BCUT2D eigenvalue weighted by molar-refractivity contribution is 5.99. The Kier molecular flexibility index (Phi) is 5.71. The van der Waals surface area contributed by atoms with E-state index in [9.17, 15) is 10.1 Å². The largest absolute Gasteiger partial charge is 0.461 e. The van der Waals surface area contributed by atoms with E-state index < -0.39 is 5.60 Å². The summed E-state index contributed by atoms with van der Waals surface area (Å²) in [6, 6.07) is 5.74. The molecule has 8 heteroatoms. The average Bonchev–Trinajstić information content (AvgIpc) is 3.21. The molecule has 1 aromatic rings. The van der Waals surface area contributed by atoms with E-state index in [4.69, 9.17) is 20.6 Å². The van der Waals surface area contributed by atoms with Crippen LogP contribution in [-0.2, 0) is 14.3 Å². The second kappa shape index (κ2) is 7.75. The van der Waals surface area contributed by atoms with Gasteiger partial charge >= 0.3 is 5.97 Å². The quantitative estimate of drug-likeness (QED) is 0.365. The van der Waals surface area contributed by atoms with Crippen molar-refractivity contribution in [2.24, 2.45) is 10.7 Å². The molecule has 2 atom stereocenters. The third-order valence-electron chi connectivity index (χ3n) is 3.85. The van der Waals surface area contributed by atoms with Crippen LogP contribution >= 0.6 is 0 Å². The molecule has 0 spiro atoms. The Bertz CT molecular complexity index is 675. The molecular weight excluding hydrogens is 310 g/mol. The van der Waals surface area contributed by atoms with Crippen LogP contribution in [0.1, 0.15) is 50.1 Å². The number of amidine groups is 1. The van der Waals surface area contributed by atoms with Gasteiger partial charge in [-0.1, -0.05) is 6.92 Å². The van der Waals surface area contributed by atoms with E-state index >= 15 is 0 Å². The molecule has 0 unspecified atom stereocenters. The third kappa shape index (κ3) is 4.00. The monoisotopic (exact) mass is 332 g/mol. The summed E-state index contributed by atoms with van der Waals surface area (Å²) < 4.78 is 11.0. The Morgan fingerprint density at radius 1 is 1.71 bits per heavy atom. The number of hydrogen-bond donors (Lipinski definition) is 3. The number of aromatic amines is 1. The van der Waals surface area contributed by atoms with E-state index in [2.05, 4.69) is 16.0 Å². The van der Waals surface area contributed by atoms with Crippen LogP contribution in [0.25, 0.3) is 0 Å². The normalized spacial score (nSPS) is 23.7. The lowest BCUT2D eigenvalue weighted by atomic mass is 10.0. The summed E-state index contributed by atoms with van der Waals surface area (Å²) in [5.41, 5.74) is 6.07. The highest BCUT2D eigenvalue weighted by atomic mass is 16.6. The maximum Gasteiger partial charge on any atom is 0.305 e. The molecule has 0 amide bonds. The number of hydrogen-bond acceptors (Lipinski definition) is 4. The first kappa shape index (κ1) is 17.7. The predicted molar refractivity (Wildman–Crippen MR) is 86.8 cm³/mol. The zero-order valence-corrected chi connectivity index (χ0v) is 13.6. The van der Waals surface area contributed by atoms with Gasteiger partial charge in [0.1, 0.15) is 18.4 Å². The van der Waals surface area contributed by atoms with Crippen molar-refractivity contribution >= 4 is 18.1 Å². The summed E-state index contributed by atoms with van der Waals surface area (Å²) in [6.45, 7) is 1.84. The van der Waals surface area contributed by atoms with E-state index in [0.717, 1.165) is 12.0 Å². The van der Waals surface area contributed by atoms with Gasteiger partial charge in [0.15, 0.2) is 5.60 Å². The molecule has 1 aliphatic rings. The molecule has 2 rings (SSSR count). The van der Waals surface area contributed by atoms with Crippen LogP contribution in [0.15, 0.2) is 17.1 Å². The number of H-pyrrole nitrogens is 1. The van der Waals surface area contributed by atoms with E-state index in [-0.39, 0.29) is 24.5 Å². The lowest BCUT2D eigenvalue weighted by Crippen LogP contribution is -2.33. The van der Waals surface area contributed by atoms with Gasteiger partial charge in [0.2, 0.25) is 0 Å². The fourth-order valence-electron chi connectivity index (χ4n) is 2.57. The third-order valence-corrected chi connectivity index (χ3v) is 3.85. The van der Waals surface area contributed by atoms with Crippen LogP contribution in [0.3, 0.4) is 0 Å². The van der Waals surface area contributed by atoms with Crippen LogP contribution in [-0.4, -0.2) is 35.3 Å². The minimum atomic E-state index is -1.11. The number of ether oxygens (including phenoxy) is 2. The topological polar surface area (TPSA) is 139 Å². The van der Waals surface area contributed by atoms with E-state index in [1.807, 2.05) is 13.0 Å². The van der Waals surface area contributed by atoms with Crippen molar-refractivity contribution < 1.29 is 19.7 Å². The van der Waals surface area contributed by atoms with Gasteiger partial charge in [-0.15, -0.1) is 0 Å². The van der Waals surface area contributed by atoms with Gasteiger partial charge < -0.3 is 20.2 Å². The molecule has 1 fully saturated rings. The first-order valence-electron chi connectivity index (χ1n) is 7.84. The summed E-state index contributed by atoms with van der Waals surface area (Å²) in [7, 11) is 0. The maximum absolute atomic E-state index is 11.5. The number of nitrogens with two attached hydrogens (primary N) is 2. The number of aromatic nitrogens is 1. The molecule has 24 heavy (non-hydrogen) atoms. The standard InChI is InChI=1S/C16H21N5O3/c1-2-3-14(22)23-9-16(8-17)7-6-13(24-16)11-4-5-12(21-11)15(19)20-10-18/h4-5,10,13,21H,2-3,6-7,9H2,1H3,(H3,18,19,20)/p+1/t13-,16-/m1/s1. The van der Waals surface area contributed by atoms with Crippen molar-refractivity contribution in [1.29, 1.82) is 5.26 Å². The molecule has 0 bridgehead atoms. The lowest BCUT2D eigenvalue weighted by Gasteiger charge is -2.21. The highest BCUT2D eigenvalue weighted by Crippen LogP contribution is 2.39. The van der Waals surface area contributed by atoms with Gasteiger partial charge in [-0.3, -0.25) is 10.2 Å². The number of nitrogens with zero attached hydrogens (tertiary/aromatic N) is 2. The van der Waals surface area contributed by atoms with E-state index in [1.54, 1.807) is 6.07 Å². The van der Waals surface area contributed by atoms with Crippen molar-refractivity contribution in [2.75, 3.05) is 6.61 Å². The predicted octanol–water partition coefficient (Wildman–Crippen LogP) is -0.0354. The number of carbonyl (C=O) groups excluding carboxylic acids is 1. The molecule has 1 aromatic heterocycles. The second-order valence-corrected chi connectivity index (χ2v) is 5.65. The van der Waals surface area contributed by atoms with Crippen LogP contribution in [0.5, 0.6) is 0 Å². The van der Waals surface area contributed by atoms with Crippen molar-refractivity contribution in [3.8, 4) is 6.07 Å². The maximum atomic E-state index is 11.5. The molecule has 1 saturated heterocycles. The second-order valence-electron chi connectivity index (χ2n) is 5.65. The average molecular weight is 332 g/mol. The summed E-state index contributed by atoms with van der Waals surface area (Å²) in [4.78, 5) is 18.4. The number of nitriles is 1. The van der Waals surface area contributed by atoms with Crippen molar-refractivity contribution in [2.45, 2.75) is 44.3 Å². The van der Waals surface area contributed by atoms with E-state index in [0.29, 0.717) is 31.4 Å². The fourth-order valence-corrected chi connectivity index (χ4v) is 2.57. The molecule has 0 aliphatic carbocycles. The van der Waals surface area contributed by atoms with Gasteiger partial charge in [-0.2, -0.15) is 5.26 Å². The van der Waals surface area contributed by atoms with Crippen LogP contribution in [0.4, 0.5) is 0 Å². The Balaban J connectivity index is 2.03. The first-order valence-corrected chi connectivity index (χ1v) is 7.84. The van der Waals surface area contributed by atoms with Gasteiger partial charge in [-0.05, 0) is 36.4 Å². The Morgan fingerprint density at radius 3 is 3.17 bits per heavy atom. The number of aliphatic imine (C=N–C) groups is 1. The number of rotatable bonds is 7. The highest BCUT2D eigenvalue weighted by Gasteiger charge is 2.43. The Labute approximate surface area is 140 Å². The van der Waals surface area contributed by atoms with Crippen molar-refractivity contribution in [3.63, 3.8) is 0 Å². The molecule has 8 nitrogen and oxygen atoms in total.